The molecule has 0 spiro atoms. The van der Waals surface area contributed by atoms with Crippen molar-refractivity contribution in [2.75, 3.05) is 26.4 Å². The first-order valence-corrected chi connectivity index (χ1v) is 23.4. The average molecular weight is 822 g/mol. The number of rotatable bonds is 36. The van der Waals surface area contributed by atoms with Gasteiger partial charge in [-0.05, 0) is 89.2 Å². The fourth-order valence-corrected chi connectivity index (χ4v) is 7.20. The van der Waals surface area contributed by atoms with Crippen LogP contribution in [0, 0.1) is 13.8 Å². The van der Waals surface area contributed by atoms with Gasteiger partial charge in [0, 0.05) is 32.2 Å². The van der Waals surface area contributed by atoms with Crippen LogP contribution in [0.2, 0.25) is 0 Å². The highest BCUT2D eigenvalue weighted by molar-refractivity contribution is 7.47. The number of allylic oxidation sites excluding steroid dienone is 4. The minimum atomic E-state index is -4.41. The van der Waals surface area contributed by atoms with Crippen molar-refractivity contribution < 1.29 is 46.7 Å². The van der Waals surface area contributed by atoms with E-state index in [9.17, 15) is 19.0 Å². The summed E-state index contributed by atoms with van der Waals surface area (Å²) in [6.07, 6.45) is 33.2. The number of ether oxygens (including phenoxy) is 3. The molecule has 2 rings (SSSR count). The lowest BCUT2D eigenvalue weighted by molar-refractivity contribution is -0.161. The summed E-state index contributed by atoms with van der Waals surface area (Å²) < 4.78 is 44.8. The molecule has 12 heteroatoms. The van der Waals surface area contributed by atoms with Gasteiger partial charge >= 0.3 is 19.8 Å². The first kappa shape index (κ1) is 50.6. The van der Waals surface area contributed by atoms with Crippen LogP contribution in [0.25, 0.3) is 0 Å². The minimum Gasteiger partial charge on any atom is -0.466 e. The largest absolute Gasteiger partial charge is 0.472 e. The number of carbonyl (C=O) groups is 2. The van der Waals surface area contributed by atoms with E-state index in [1.54, 1.807) is 0 Å². The van der Waals surface area contributed by atoms with Gasteiger partial charge in [0.15, 0.2) is 6.10 Å². The van der Waals surface area contributed by atoms with Crippen LogP contribution < -0.4 is 5.73 Å². The van der Waals surface area contributed by atoms with E-state index in [0.29, 0.717) is 19.3 Å². The van der Waals surface area contributed by atoms with Crippen molar-refractivity contribution in [3.8, 4) is 0 Å². The molecular formula is C45H76NO10P. The van der Waals surface area contributed by atoms with Crippen molar-refractivity contribution in [1.82, 2.24) is 0 Å². The van der Waals surface area contributed by atoms with Crippen LogP contribution in [0.3, 0.4) is 0 Å². The quantitative estimate of drug-likeness (QED) is 0.0218. The Labute approximate surface area is 344 Å². The summed E-state index contributed by atoms with van der Waals surface area (Å²) in [5.41, 5.74) is 7.95. The van der Waals surface area contributed by atoms with Gasteiger partial charge in [0.05, 0.1) is 25.4 Å². The highest BCUT2D eigenvalue weighted by atomic mass is 31.2. The lowest BCUT2D eigenvalue weighted by Crippen LogP contribution is -2.29. The molecule has 0 saturated carbocycles. The average Bonchev–Trinajstić information content (AvgIpc) is 3.89. The molecule has 0 aliphatic carbocycles. The molecule has 1 saturated heterocycles. The summed E-state index contributed by atoms with van der Waals surface area (Å²) in [6, 6.07) is 0. The van der Waals surface area contributed by atoms with Gasteiger partial charge in [-0.3, -0.25) is 18.6 Å². The summed E-state index contributed by atoms with van der Waals surface area (Å²) in [7, 11) is -4.41. The standard InChI is InChI=1S/C45H76NO10P/c1-5-7-9-10-11-12-13-17-23-29-42-43(56-42)30-24-19-20-26-32-45(48)54-39(36-53-57(49,50)52-34-33-46)35-51-44(47)31-25-18-15-14-16-22-28-41-38(4)37(3)40(55-41)27-21-8-6-2/h11-12,17,19,23-24,39,42-43H,5-10,13-16,18,20-22,25-36,46H2,1-4H3,(H,49,50)/b12-11-,23-17-,24-19-/t39-,42?,43?/m1/s1. The molecule has 0 amide bonds. The van der Waals surface area contributed by atoms with Crippen LogP contribution in [-0.4, -0.2) is 61.5 Å². The number of phosphoric ester groups is 1. The van der Waals surface area contributed by atoms with E-state index in [-0.39, 0.29) is 44.8 Å². The number of hydrogen-bond acceptors (Lipinski definition) is 10. The van der Waals surface area contributed by atoms with E-state index in [2.05, 4.69) is 58.1 Å². The second-order valence-electron chi connectivity index (χ2n) is 15.2. The van der Waals surface area contributed by atoms with Gasteiger partial charge in [-0.1, -0.05) is 102 Å². The highest BCUT2D eigenvalue weighted by Crippen LogP contribution is 2.43. The molecule has 0 radical (unpaired) electrons. The zero-order valence-corrected chi connectivity index (χ0v) is 36.6. The molecule has 326 valence electrons. The Bertz CT molecular complexity index is 1370. The molecule has 2 heterocycles. The number of unbranched alkanes of at least 4 members (excludes halogenated alkanes) is 11. The Morgan fingerprint density at radius 1 is 0.719 bits per heavy atom. The minimum absolute atomic E-state index is 0.0335. The first-order valence-electron chi connectivity index (χ1n) is 21.9. The molecule has 1 aliphatic rings. The van der Waals surface area contributed by atoms with Gasteiger partial charge in [0.2, 0.25) is 0 Å². The summed E-state index contributed by atoms with van der Waals surface area (Å²) >= 11 is 0. The van der Waals surface area contributed by atoms with Gasteiger partial charge < -0.3 is 29.3 Å². The van der Waals surface area contributed by atoms with Crippen molar-refractivity contribution in [2.24, 2.45) is 5.73 Å². The molecule has 4 atom stereocenters. The lowest BCUT2D eigenvalue weighted by atomic mass is 10.0. The third-order valence-electron chi connectivity index (χ3n) is 10.1. The summed E-state index contributed by atoms with van der Waals surface area (Å²) in [5, 5.41) is 0. The van der Waals surface area contributed by atoms with Crippen LogP contribution in [0.5, 0.6) is 0 Å². The Kier molecular flexibility index (Phi) is 27.9. The zero-order chi connectivity index (χ0) is 41.6. The maximum Gasteiger partial charge on any atom is 0.472 e. The number of aryl methyl sites for hydroxylation is 2. The van der Waals surface area contributed by atoms with E-state index in [1.165, 1.54) is 49.7 Å². The van der Waals surface area contributed by atoms with Crippen molar-refractivity contribution in [3.05, 3.63) is 59.1 Å². The number of epoxide rings is 1. The maximum absolute atomic E-state index is 12.6. The van der Waals surface area contributed by atoms with E-state index < -0.39 is 32.5 Å². The molecule has 57 heavy (non-hydrogen) atoms. The Morgan fingerprint density at radius 2 is 1.28 bits per heavy atom. The van der Waals surface area contributed by atoms with Crippen molar-refractivity contribution in [1.29, 1.82) is 0 Å². The van der Waals surface area contributed by atoms with Gasteiger partial charge in [0.25, 0.3) is 0 Å². The second-order valence-corrected chi connectivity index (χ2v) is 16.6. The number of phosphoric acid groups is 1. The van der Waals surface area contributed by atoms with Crippen molar-refractivity contribution in [2.45, 2.75) is 187 Å². The monoisotopic (exact) mass is 822 g/mol. The summed E-state index contributed by atoms with van der Waals surface area (Å²) in [4.78, 5) is 35.1. The number of esters is 2. The van der Waals surface area contributed by atoms with E-state index in [0.717, 1.165) is 82.1 Å². The molecule has 1 aromatic heterocycles. The fraction of sp³-hybridized carbons (Fsp3) is 0.733. The van der Waals surface area contributed by atoms with Crippen LogP contribution in [-0.2, 0) is 50.3 Å². The molecule has 1 aromatic rings. The van der Waals surface area contributed by atoms with Crippen molar-refractivity contribution >= 4 is 19.8 Å². The van der Waals surface area contributed by atoms with Gasteiger partial charge in [-0.25, -0.2) is 4.57 Å². The highest BCUT2D eigenvalue weighted by Gasteiger charge is 2.36. The number of carbonyl (C=O) groups excluding carboxylic acids is 2. The van der Waals surface area contributed by atoms with Crippen LogP contribution in [0.15, 0.2) is 40.9 Å². The van der Waals surface area contributed by atoms with E-state index in [1.807, 2.05) is 6.08 Å². The Morgan fingerprint density at radius 3 is 1.96 bits per heavy atom. The molecule has 3 unspecified atom stereocenters. The van der Waals surface area contributed by atoms with E-state index in [4.69, 9.17) is 33.4 Å². The van der Waals surface area contributed by atoms with Gasteiger partial charge in [0.1, 0.15) is 18.1 Å². The lowest BCUT2D eigenvalue weighted by Gasteiger charge is -2.19. The number of hydrogen-bond donors (Lipinski definition) is 2. The van der Waals surface area contributed by atoms with Crippen molar-refractivity contribution in [3.63, 3.8) is 0 Å². The van der Waals surface area contributed by atoms with Crippen LogP contribution >= 0.6 is 7.82 Å². The summed E-state index contributed by atoms with van der Waals surface area (Å²) in [6.45, 7) is 7.86. The maximum atomic E-state index is 12.6. The zero-order valence-electron chi connectivity index (χ0n) is 35.7. The second kappa shape index (κ2) is 31.4. The molecule has 1 fully saturated rings. The normalized spacial score (nSPS) is 17.2. The Hall–Kier alpha value is -2.53. The SMILES string of the molecule is CCCCC/C=C\C/C=C\CC1OC1C/C=C\CCCC(=O)O[C@H](COC(=O)CCCCCCCCc1oc(CCCCC)c(C)c1C)COP(=O)(O)OCCN. The molecule has 0 aromatic carbocycles. The number of nitrogens with two attached hydrogens (primary N) is 1. The first-order chi connectivity index (χ1) is 27.6. The third kappa shape index (κ3) is 24.9. The third-order valence-corrected chi connectivity index (χ3v) is 11.1. The summed E-state index contributed by atoms with van der Waals surface area (Å²) in [5.74, 6) is 1.33. The molecule has 3 N–H and O–H groups in total. The van der Waals surface area contributed by atoms with Crippen LogP contribution in [0.4, 0.5) is 0 Å². The predicted molar refractivity (Wildman–Crippen MR) is 227 cm³/mol. The molecule has 0 bridgehead atoms. The Balaban J connectivity index is 1.62. The topological polar surface area (TPSA) is 160 Å². The molecule has 1 aliphatic heterocycles. The fourth-order valence-electron chi connectivity index (χ4n) is 6.43. The van der Waals surface area contributed by atoms with Gasteiger partial charge in [-0.2, -0.15) is 0 Å². The predicted octanol–water partition coefficient (Wildman–Crippen LogP) is 10.8. The smallest absolute Gasteiger partial charge is 0.466 e. The number of furan rings is 1. The molecule has 11 nitrogen and oxygen atoms in total. The van der Waals surface area contributed by atoms with E-state index >= 15 is 0 Å². The van der Waals surface area contributed by atoms with Crippen LogP contribution in [0.1, 0.15) is 165 Å². The molecular weight excluding hydrogens is 745 g/mol. The van der Waals surface area contributed by atoms with Gasteiger partial charge in [-0.15, -0.1) is 0 Å².